The number of aldehydes is 1. The molecule has 1 heterocycles. The zero-order chi connectivity index (χ0) is 14.4. The molecule has 0 unspecified atom stereocenters. The van der Waals surface area contributed by atoms with Crippen molar-refractivity contribution in [3.8, 4) is 11.5 Å². The van der Waals surface area contributed by atoms with Crippen LogP contribution in [0.5, 0.6) is 11.5 Å². The van der Waals surface area contributed by atoms with Gasteiger partial charge in [-0.25, -0.2) is 4.98 Å². The minimum atomic E-state index is 0.358. The van der Waals surface area contributed by atoms with E-state index >= 15 is 0 Å². The Bertz CT molecular complexity index is 580. The van der Waals surface area contributed by atoms with Gasteiger partial charge in [-0.3, -0.25) is 4.79 Å². The molecule has 0 aliphatic rings. The van der Waals surface area contributed by atoms with Gasteiger partial charge in [0, 0.05) is 17.1 Å². The van der Waals surface area contributed by atoms with Crippen LogP contribution in [0.3, 0.4) is 0 Å². The predicted molar refractivity (Wildman–Crippen MR) is 78.8 cm³/mol. The highest BCUT2D eigenvalue weighted by Crippen LogP contribution is 2.25. The van der Waals surface area contributed by atoms with Crippen LogP contribution in [0.4, 0.5) is 0 Å². The molecule has 0 radical (unpaired) electrons. The zero-order valence-electron chi connectivity index (χ0n) is 11.6. The standard InChI is InChI=1S/C15H17NO3S/c1-3-6-18-13-5-4-12(8-17)14(7-13)19-9-15-16-11(2)10-20-15/h4-5,7-8,10H,3,6,9H2,1-2H3. The molecule has 0 amide bonds. The number of ether oxygens (including phenoxy) is 2. The number of rotatable bonds is 7. The van der Waals surface area contributed by atoms with Gasteiger partial charge in [-0.2, -0.15) is 0 Å². The van der Waals surface area contributed by atoms with Crippen molar-refractivity contribution in [3.05, 3.63) is 39.8 Å². The van der Waals surface area contributed by atoms with Crippen LogP contribution < -0.4 is 9.47 Å². The first-order chi connectivity index (χ1) is 9.72. The van der Waals surface area contributed by atoms with E-state index in [1.807, 2.05) is 19.2 Å². The van der Waals surface area contributed by atoms with Crippen LogP contribution in [-0.2, 0) is 6.61 Å². The van der Waals surface area contributed by atoms with Crippen molar-refractivity contribution >= 4 is 17.6 Å². The number of carbonyl (C=O) groups excluding carboxylic acids is 1. The van der Waals surface area contributed by atoms with E-state index < -0.39 is 0 Å². The summed E-state index contributed by atoms with van der Waals surface area (Å²) in [6.07, 6.45) is 1.72. The third-order valence-electron chi connectivity index (χ3n) is 2.60. The fraction of sp³-hybridized carbons (Fsp3) is 0.333. The molecule has 0 fully saturated rings. The summed E-state index contributed by atoms with van der Waals surface area (Å²) in [6, 6.07) is 5.24. The quantitative estimate of drug-likeness (QED) is 0.731. The molecule has 2 aromatic rings. The van der Waals surface area contributed by atoms with Gasteiger partial charge in [-0.1, -0.05) is 6.92 Å². The first kappa shape index (κ1) is 14.5. The molecule has 4 nitrogen and oxygen atoms in total. The molecule has 0 saturated heterocycles. The Balaban J connectivity index is 2.09. The van der Waals surface area contributed by atoms with Crippen molar-refractivity contribution in [1.82, 2.24) is 4.98 Å². The predicted octanol–water partition coefficient (Wildman–Crippen LogP) is 3.63. The van der Waals surface area contributed by atoms with Crippen LogP contribution >= 0.6 is 11.3 Å². The number of benzene rings is 1. The average molecular weight is 291 g/mol. The Morgan fingerprint density at radius 3 is 2.85 bits per heavy atom. The molecule has 0 saturated carbocycles. The summed E-state index contributed by atoms with van der Waals surface area (Å²) in [6.45, 7) is 4.99. The topological polar surface area (TPSA) is 48.4 Å². The third-order valence-corrected chi connectivity index (χ3v) is 3.54. The molecule has 0 bridgehead atoms. The molecule has 0 aliphatic heterocycles. The lowest BCUT2D eigenvalue weighted by molar-refractivity contribution is 0.111. The average Bonchev–Trinajstić information content (AvgIpc) is 2.88. The van der Waals surface area contributed by atoms with Crippen LogP contribution in [-0.4, -0.2) is 17.9 Å². The van der Waals surface area contributed by atoms with Gasteiger partial charge in [0.2, 0.25) is 0 Å². The maximum absolute atomic E-state index is 11.0. The van der Waals surface area contributed by atoms with E-state index in [4.69, 9.17) is 9.47 Å². The van der Waals surface area contributed by atoms with E-state index in [1.54, 1.807) is 29.5 Å². The van der Waals surface area contributed by atoms with Gasteiger partial charge in [0.25, 0.3) is 0 Å². The Labute approximate surface area is 122 Å². The lowest BCUT2D eigenvalue weighted by Gasteiger charge is -2.10. The highest BCUT2D eigenvalue weighted by atomic mass is 32.1. The number of thiazole rings is 1. The van der Waals surface area contributed by atoms with E-state index in [0.29, 0.717) is 30.3 Å². The van der Waals surface area contributed by atoms with Gasteiger partial charge in [-0.05, 0) is 25.5 Å². The minimum Gasteiger partial charge on any atom is -0.493 e. The molecular formula is C15H17NO3S. The third kappa shape index (κ3) is 3.81. The summed E-state index contributed by atoms with van der Waals surface area (Å²) in [5.41, 5.74) is 1.49. The summed E-state index contributed by atoms with van der Waals surface area (Å²) in [4.78, 5) is 15.4. The molecule has 1 aromatic carbocycles. The van der Waals surface area contributed by atoms with Crippen LogP contribution in [0.2, 0.25) is 0 Å². The summed E-state index contributed by atoms with van der Waals surface area (Å²) in [5, 5.41) is 2.86. The molecular weight excluding hydrogens is 274 g/mol. The molecule has 20 heavy (non-hydrogen) atoms. The molecule has 0 atom stereocenters. The Morgan fingerprint density at radius 2 is 2.20 bits per heavy atom. The molecule has 2 rings (SSSR count). The number of aryl methyl sites for hydroxylation is 1. The number of hydrogen-bond donors (Lipinski definition) is 0. The highest BCUT2D eigenvalue weighted by molar-refractivity contribution is 7.09. The van der Waals surface area contributed by atoms with E-state index in [9.17, 15) is 4.79 Å². The number of hydrogen-bond acceptors (Lipinski definition) is 5. The second-order valence-electron chi connectivity index (χ2n) is 4.34. The van der Waals surface area contributed by atoms with Gasteiger partial charge in [0.1, 0.15) is 23.1 Å². The summed E-state index contributed by atoms with van der Waals surface area (Å²) in [5.74, 6) is 1.24. The summed E-state index contributed by atoms with van der Waals surface area (Å²) >= 11 is 1.54. The fourth-order valence-electron chi connectivity index (χ4n) is 1.66. The minimum absolute atomic E-state index is 0.358. The second-order valence-corrected chi connectivity index (χ2v) is 5.28. The smallest absolute Gasteiger partial charge is 0.153 e. The maximum atomic E-state index is 11.0. The monoisotopic (exact) mass is 291 g/mol. The highest BCUT2D eigenvalue weighted by Gasteiger charge is 2.07. The molecule has 0 aliphatic carbocycles. The van der Waals surface area contributed by atoms with Crippen LogP contribution in [0.1, 0.15) is 34.4 Å². The van der Waals surface area contributed by atoms with Gasteiger partial charge in [0.15, 0.2) is 6.29 Å². The summed E-state index contributed by atoms with van der Waals surface area (Å²) < 4.78 is 11.2. The van der Waals surface area contributed by atoms with Crippen molar-refractivity contribution < 1.29 is 14.3 Å². The van der Waals surface area contributed by atoms with Crippen molar-refractivity contribution in [2.24, 2.45) is 0 Å². The number of aromatic nitrogens is 1. The number of nitrogens with zero attached hydrogens (tertiary/aromatic N) is 1. The van der Waals surface area contributed by atoms with Crippen molar-refractivity contribution in [2.45, 2.75) is 26.9 Å². The molecule has 0 N–H and O–H groups in total. The van der Waals surface area contributed by atoms with Crippen LogP contribution in [0, 0.1) is 6.92 Å². The maximum Gasteiger partial charge on any atom is 0.153 e. The fourth-order valence-corrected chi connectivity index (χ4v) is 2.34. The van der Waals surface area contributed by atoms with Crippen LogP contribution in [0.25, 0.3) is 0 Å². The first-order valence-electron chi connectivity index (χ1n) is 6.48. The Morgan fingerprint density at radius 1 is 1.35 bits per heavy atom. The molecule has 5 heteroatoms. The normalized spacial score (nSPS) is 10.3. The summed E-state index contributed by atoms with van der Waals surface area (Å²) in [7, 11) is 0. The first-order valence-corrected chi connectivity index (χ1v) is 7.36. The van der Waals surface area contributed by atoms with Gasteiger partial charge in [-0.15, -0.1) is 11.3 Å². The Hall–Kier alpha value is -1.88. The van der Waals surface area contributed by atoms with Crippen molar-refractivity contribution in [2.75, 3.05) is 6.61 Å². The van der Waals surface area contributed by atoms with E-state index in [2.05, 4.69) is 4.98 Å². The van der Waals surface area contributed by atoms with E-state index in [-0.39, 0.29) is 0 Å². The second kappa shape index (κ2) is 7.05. The largest absolute Gasteiger partial charge is 0.493 e. The molecule has 1 aromatic heterocycles. The molecule has 106 valence electrons. The van der Waals surface area contributed by atoms with Crippen molar-refractivity contribution in [3.63, 3.8) is 0 Å². The SMILES string of the molecule is CCCOc1ccc(C=O)c(OCc2nc(C)cs2)c1. The van der Waals surface area contributed by atoms with Crippen molar-refractivity contribution in [1.29, 1.82) is 0 Å². The van der Waals surface area contributed by atoms with Gasteiger partial charge >= 0.3 is 0 Å². The van der Waals surface area contributed by atoms with E-state index in [0.717, 1.165) is 23.4 Å². The number of carbonyl (C=O) groups is 1. The lowest BCUT2D eigenvalue weighted by Crippen LogP contribution is -2.00. The zero-order valence-corrected chi connectivity index (χ0v) is 12.4. The Kier molecular flexibility index (Phi) is 5.12. The molecule has 0 spiro atoms. The van der Waals surface area contributed by atoms with Gasteiger partial charge in [0.05, 0.1) is 12.2 Å². The van der Waals surface area contributed by atoms with Crippen LogP contribution in [0.15, 0.2) is 23.6 Å². The van der Waals surface area contributed by atoms with Gasteiger partial charge < -0.3 is 9.47 Å². The van der Waals surface area contributed by atoms with E-state index in [1.165, 1.54) is 0 Å². The lowest BCUT2D eigenvalue weighted by atomic mass is 10.2.